The molecule has 1 aromatic rings. The minimum atomic E-state index is -0.205. The second-order valence-corrected chi connectivity index (χ2v) is 5.50. The number of carbonyl (C=O) groups excluding carboxylic acids is 1. The second kappa shape index (κ2) is 6.73. The Balaban J connectivity index is 1.66. The van der Waals surface area contributed by atoms with E-state index in [4.69, 9.17) is 4.74 Å². The molecule has 1 N–H and O–H groups in total. The van der Waals surface area contributed by atoms with Gasteiger partial charge in [-0.1, -0.05) is 12.8 Å². The Morgan fingerprint density at radius 1 is 1.61 bits per heavy atom. The van der Waals surface area contributed by atoms with Gasteiger partial charge in [0.1, 0.15) is 0 Å². The number of aromatic nitrogens is 1. The lowest BCUT2D eigenvalue weighted by Crippen LogP contribution is -2.08. The quantitative estimate of drug-likeness (QED) is 0.582. The van der Waals surface area contributed by atoms with Crippen molar-refractivity contribution in [3.8, 4) is 0 Å². The Hall–Kier alpha value is -1.10. The Morgan fingerprint density at radius 2 is 2.44 bits per heavy atom. The molecule has 0 unspecified atom stereocenters. The maximum atomic E-state index is 11.3. The Bertz CT molecular complexity index is 388. The van der Waals surface area contributed by atoms with E-state index in [0.29, 0.717) is 6.61 Å². The lowest BCUT2D eigenvalue weighted by atomic mass is 10.2. The van der Waals surface area contributed by atoms with Gasteiger partial charge in [0.15, 0.2) is 5.13 Å². The van der Waals surface area contributed by atoms with E-state index in [1.54, 1.807) is 11.3 Å². The number of hydrogen-bond acceptors (Lipinski definition) is 5. The summed E-state index contributed by atoms with van der Waals surface area (Å²) >= 11 is 1.55. The van der Waals surface area contributed by atoms with E-state index in [1.165, 1.54) is 25.7 Å². The van der Waals surface area contributed by atoms with Crippen LogP contribution in [0, 0.1) is 5.92 Å². The minimum Gasteiger partial charge on any atom is -0.466 e. The lowest BCUT2D eigenvalue weighted by Gasteiger charge is -2.01. The molecule has 1 heterocycles. The molecule has 4 nitrogen and oxygen atoms in total. The van der Waals surface area contributed by atoms with Crippen LogP contribution in [-0.2, 0) is 16.0 Å². The zero-order valence-electron chi connectivity index (χ0n) is 10.8. The molecule has 0 saturated heterocycles. The number of ether oxygens (including phenoxy) is 1. The van der Waals surface area contributed by atoms with E-state index in [-0.39, 0.29) is 12.4 Å². The highest BCUT2D eigenvalue weighted by atomic mass is 32.1. The van der Waals surface area contributed by atoms with Gasteiger partial charge in [0.2, 0.25) is 0 Å². The third-order valence-corrected chi connectivity index (χ3v) is 3.79. The van der Waals surface area contributed by atoms with Gasteiger partial charge in [-0.25, -0.2) is 4.98 Å². The minimum absolute atomic E-state index is 0.205. The molecular weight excluding hydrogens is 248 g/mol. The predicted octanol–water partition coefficient (Wildman–Crippen LogP) is 2.85. The molecule has 1 fully saturated rings. The first-order chi connectivity index (χ1) is 8.78. The summed E-state index contributed by atoms with van der Waals surface area (Å²) in [5, 5.41) is 6.13. The van der Waals surface area contributed by atoms with Crippen molar-refractivity contribution in [3.05, 3.63) is 11.1 Å². The van der Waals surface area contributed by atoms with Crippen LogP contribution in [0.3, 0.4) is 0 Å². The zero-order chi connectivity index (χ0) is 12.8. The first-order valence-electron chi connectivity index (χ1n) is 6.62. The smallest absolute Gasteiger partial charge is 0.311 e. The number of esters is 1. The van der Waals surface area contributed by atoms with Gasteiger partial charge < -0.3 is 10.1 Å². The van der Waals surface area contributed by atoms with Crippen LogP contribution >= 0.6 is 11.3 Å². The first kappa shape index (κ1) is 13.3. The van der Waals surface area contributed by atoms with Gasteiger partial charge in [-0.05, 0) is 25.7 Å². The molecule has 0 aliphatic heterocycles. The van der Waals surface area contributed by atoms with Crippen LogP contribution in [0.25, 0.3) is 0 Å². The largest absolute Gasteiger partial charge is 0.466 e. The molecule has 1 aliphatic rings. The summed E-state index contributed by atoms with van der Waals surface area (Å²) in [6, 6.07) is 0. The summed E-state index contributed by atoms with van der Waals surface area (Å²) in [4.78, 5) is 15.7. The molecule has 0 amide bonds. The van der Waals surface area contributed by atoms with Crippen molar-refractivity contribution in [2.45, 2.75) is 39.0 Å². The highest BCUT2D eigenvalue weighted by Gasteiger charge is 2.19. The van der Waals surface area contributed by atoms with E-state index in [9.17, 15) is 4.79 Å². The number of rotatable bonds is 8. The van der Waals surface area contributed by atoms with E-state index in [1.807, 2.05) is 12.3 Å². The highest BCUT2D eigenvalue weighted by Crippen LogP contribution is 2.33. The fourth-order valence-electron chi connectivity index (χ4n) is 1.82. The molecule has 1 aromatic heterocycles. The summed E-state index contributed by atoms with van der Waals surface area (Å²) in [5.41, 5.74) is 0.795. The van der Waals surface area contributed by atoms with Crippen molar-refractivity contribution < 1.29 is 9.53 Å². The molecule has 0 radical (unpaired) electrons. The summed E-state index contributed by atoms with van der Waals surface area (Å²) in [5.74, 6) is 0.783. The predicted molar refractivity (Wildman–Crippen MR) is 72.9 cm³/mol. The molecule has 0 atom stereocenters. The van der Waals surface area contributed by atoms with E-state index >= 15 is 0 Å². The Labute approximate surface area is 112 Å². The topological polar surface area (TPSA) is 51.2 Å². The molecule has 18 heavy (non-hydrogen) atoms. The van der Waals surface area contributed by atoms with Gasteiger partial charge in [0.05, 0.1) is 18.7 Å². The maximum absolute atomic E-state index is 11.3. The van der Waals surface area contributed by atoms with Gasteiger partial charge >= 0.3 is 5.97 Å². The van der Waals surface area contributed by atoms with Crippen LogP contribution in [0.15, 0.2) is 5.38 Å². The van der Waals surface area contributed by atoms with E-state index in [2.05, 4.69) is 10.3 Å². The van der Waals surface area contributed by atoms with Crippen LogP contribution in [0.2, 0.25) is 0 Å². The Kier molecular flexibility index (Phi) is 4.99. The van der Waals surface area contributed by atoms with Crippen LogP contribution in [0.4, 0.5) is 5.13 Å². The fraction of sp³-hybridized carbons (Fsp3) is 0.692. The second-order valence-electron chi connectivity index (χ2n) is 4.64. The van der Waals surface area contributed by atoms with Crippen molar-refractivity contribution in [1.82, 2.24) is 4.98 Å². The van der Waals surface area contributed by atoms with Gasteiger partial charge in [-0.3, -0.25) is 4.79 Å². The van der Waals surface area contributed by atoms with Crippen molar-refractivity contribution >= 4 is 22.4 Å². The summed E-state index contributed by atoms with van der Waals surface area (Å²) in [6.45, 7) is 3.21. The maximum Gasteiger partial charge on any atom is 0.311 e. The average molecular weight is 268 g/mol. The van der Waals surface area contributed by atoms with Crippen LogP contribution in [0.1, 0.15) is 38.3 Å². The summed E-state index contributed by atoms with van der Waals surface area (Å²) < 4.78 is 4.89. The van der Waals surface area contributed by atoms with Crippen molar-refractivity contribution in [1.29, 1.82) is 0 Å². The number of thiazole rings is 1. The molecule has 0 aromatic carbocycles. The number of anilines is 1. The molecule has 100 valence electrons. The highest BCUT2D eigenvalue weighted by molar-refractivity contribution is 7.13. The standard InChI is InChI=1S/C13H20N2O2S/c1-2-17-12(16)8-11-9-18-13(15-11)14-7-3-4-10-5-6-10/h9-10H,2-8H2,1H3,(H,14,15). The van der Waals surface area contributed by atoms with Crippen LogP contribution < -0.4 is 5.32 Å². The molecule has 2 rings (SSSR count). The average Bonchev–Trinajstić information content (AvgIpc) is 3.06. The summed E-state index contributed by atoms with van der Waals surface area (Å²) in [6.07, 6.45) is 5.64. The molecular formula is C13H20N2O2S. The number of hydrogen-bond donors (Lipinski definition) is 1. The van der Waals surface area contributed by atoms with Gasteiger partial charge in [-0.15, -0.1) is 11.3 Å². The molecule has 1 saturated carbocycles. The number of nitrogens with zero attached hydrogens (tertiary/aromatic N) is 1. The zero-order valence-corrected chi connectivity index (χ0v) is 11.6. The van der Waals surface area contributed by atoms with Gasteiger partial charge in [0.25, 0.3) is 0 Å². The first-order valence-corrected chi connectivity index (χ1v) is 7.49. The van der Waals surface area contributed by atoms with Crippen molar-refractivity contribution in [2.75, 3.05) is 18.5 Å². The number of nitrogens with one attached hydrogen (secondary N) is 1. The van der Waals surface area contributed by atoms with Gasteiger partial charge in [0, 0.05) is 11.9 Å². The van der Waals surface area contributed by atoms with Crippen molar-refractivity contribution in [2.24, 2.45) is 5.92 Å². The fourth-order valence-corrected chi connectivity index (χ4v) is 2.56. The van der Waals surface area contributed by atoms with Crippen LogP contribution in [0.5, 0.6) is 0 Å². The molecule has 5 heteroatoms. The number of carbonyl (C=O) groups is 1. The third kappa shape index (κ3) is 4.64. The summed E-state index contributed by atoms with van der Waals surface area (Å²) in [7, 11) is 0. The lowest BCUT2D eigenvalue weighted by molar-refractivity contribution is -0.142. The normalized spacial score (nSPS) is 14.5. The van der Waals surface area contributed by atoms with Crippen molar-refractivity contribution in [3.63, 3.8) is 0 Å². The van der Waals surface area contributed by atoms with E-state index < -0.39 is 0 Å². The monoisotopic (exact) mass is 268 g/mol. The Morgan fingerprint density at radius 3 is 3.17 bits per heavy atom. The molecule has 0 bridgehead atoms. The molecule has 0 spiro atoms. The third-order valence-electron chi connectivity index (χ3n) is 2.94. The molecule has 1 aliphatic carbocycles. The van der Waals surface area contributed by atoms with E-state index in [0.717, 1.165) is 23.3 Å². The van der Waals surface area contributed by atoms with Crippen LogP contribution in [-0.4, -0.2) is 24.1 Å². The van der Waals surface area contributed by atoms with Gasteiger partial charge in [-0.2, -0.15) is 0 Å². The SMILES string of the molecule is CCOC(=O)Cc1csc(NCCCC2CC2)n1.